The number of nitrogen functional groups attached to an aromatic ring is 1. The Morgan fingerprint density at radius 3 is 2.46 bits per heavy atom. The van der Waals surface area contributed by atoms with Crippen LogP contribution < -0.4 is 16.2 Å². The van der Waals surface area contributed by atoms with Gasteiger partial charge in [0, 0.05) is 31.7 Å². The number of fused-ring (bicyclic) bond motifs is 1. The first-order chi connectivity index (χ1) is 22.2. The number of aliphatic hydroxyl groups is 1. The van der Waals surface area contributed by atoms with Gasteiger partial charge in [-0.3, -0.25) is 18.8 Å². The maximum atomic E-state index is 14.0. The van der Waals surface area contributed by atoms with Gasteiger partial charge >= 0.3 is 5.69 Å². The van der Waals surface area contributed by atoms with Crippen molar-refractivity contribution in [3.05, 3.63) is 83.1 Å². The SMILES string of the molecule is CC(C)(/C=C(/C#N)C(=O)N1CCC[C@H]1Cn1c(=O)n(-c2ccc(Oc3ccccc3)cc2)c2c(N)ncnc21)N1CCC(O)CC1. The number of likely N-dealkylation sites (tertiary alicyclic amines) is 2. The minimum Gasteiger partial charge on any atom is -0.457 e. The fraction of sp³-hybridized carbons (Fsp3) is 0.382. The summed E-state index contributed by atoms with van der Waals surface area (Å²) in [4.78, 5) is 40.3. The van der Waals surface area contributed by atoms with Gasteiger partial charge in [-0.25, -0.2) is 14.8 Å². The van der Waals surface area contributed by atoms with Crippen LogP contribution in [0.25, 0.3) is 16.9 Å². The van der Waals surface area contributed by atoms with Crippen molar-refractivity contribution in [2.24, 2.45) is 0 Å². The lowest BCUT2D eigenvalue weighted by Crippen LogP contribution is -2.48. The number of piperidine rings is 1. The van der Waals surface area contributed by atoms with Crippen LogP contribution in [0, 0.1) is 11.3 Å². The van der Waals surface area contributed by atoms with Crippen molar-refractivity contribution in [2.45, 2.75) is 63.8 Å². The quantitative estimate of drug-likeness (QED) is 0.221. The van der Waals surface area contributed by atoms with Crippen molar-refractivity contribution in [1.82, 2.24) is 28.9 Å². The number of amides is 1. The van der Waals surface area contributed by atoms with E-state index in [1.807, 2.05) is 44.2 Å². The van der Waals surface area contributed by atoms with Crippen molar-refractivity contribution < 1.29 is 14.6 Å². The minimum absolute atomic E-state index is 0.0715. The Morgan fingerprint density at radius 1 is 1.07 bits per heavy atom. The lowest BCUT2D eigenvalue weighted by molar-refractivity contribution is -0.127. The number of anilines is 1. The summed E-state index contributed by atoms with van der Waals surface area (Å²) < 4.78 is 8.94. The number of ether oxygens (including phenoxy) is 1. The molecule has 4 heterocycles. The molecule has 3 N–H and O–H groups in total. The number of para-hydroxylation sites is 1. The first-order valence-corrected chi connectivity index (χ1v) is 15.6. The Bertz CT molecular complexity index is 1850. The van der Waals surface area contributed by atoms with E-state index < -0.39 is 5.54 Å². The maximum absolute atomic E-state index is 14.0. The fourth-order valence-electron chi connectivity index (χ4n) is 6.48. The van der Waals surface area contributed by atoms with Crippen LogP contribution in [-0.4, -0.2) is 77.2 Å². The van der Waals surface area contributed by atoms with E-state index in [2.05, 4.69) is 20.9 Å². The molecule has 1 atom stereocenters. The number of nitrogens with two attached hydrogens (primary N) is 1. The molecule has 0 aliphatic carbocycles. The summed E-state index contributed by atoms with van der Waals surface area (Å²) in [6, 6.07) is 18.3. The molecule has 2 saturated heterocycles. The maximum Gasteiger partial charge on any atom is 0.335 e. The van der Waals surface area contributed by atoms with Crippen molar-refractivity contribution in [3.63, 3.8) is 0 Å². The molecule has 2 aromatic heterocycles. The Morgan fingerprint density at radius 2 is 1.76 bits per heavy atom. The Labute approximate surface area is 267 Å². The molecular formula is C34H38N8O4. The van der Waals surface area contributed by atoms with Crippen LogP contribution in [-0.2, 0) is 11.3 Å². The summed E-state index contributed by atoms with van der Waals surface area (Å²) in [5, 5.41) is 20.0. The van der Waals surface area contributed by atoms with Gasteiger partial charge in [-0.2, -0.15) is 5.26 Å². The van der Waals surface area contributed by atoms with Crippen molar-refractivity contribution in [1.29, 1.82) is 5.26 Å². The number of hydrogen-bond acceptors (Lipinski definition) is 9. The monoisotopic (exact) mass is 622 g/mol. The van der Waals surface area contributed by atoms with Gasteiger partial charge in [0.05, 0.1) is 17.8 Å². The molecular weight excluding hydrogens is 584 g/mol. The van der Waals surface area contributed by atoms with Crippen LogP contribution in [0.5, 0.6) is 11.5 Å². The lowest BCUT2D eigenvalue weighted by Gasteiger charge is -2.40. The number of aliphatic hydroxyl groups excluding tert-OH is 1. The van der Waals surface area contributed by atoms with E-state index in [0.717, 1.165) is 6.42 Å². The van der Waals surface area contributed by atoms with Crippen LogP contribution in [0.4, 0.5) is 5.82 Å². The highest BCUT2D eigenvalue weighted by molar-refractivity contribution is 5.97. The van der Waals surface area contributed by atoms with E-state index in [-0.39, 0.29) is 41.7 Å². The third-order valence-corrected chi connectivity index (χ3v) is 8.97. The van der Waals surface area contributed by atoms with E-state index in [4.69, 9.17) is 10.5 Å². The van der Waals surface area contributed by atoms with E-state index in [1.165, 1.54) is 15.5 Å². The molecule has 0 bridgehead atoms. The number of rotatable bonds is 8. The van der Waals surface area contributed by atoms with Crippen LogP contribution in [0.15, 0.2) is 77.4 Å². The lowest BCUT2D eigenvalue weighted by atomic mass is 9.94. The molecule has 238 valence electrons. The van der Waals surface area contributed by atoms with Gasteiger partial charge in [0.1, 0.15) is 35.0 Å². The molecule has 12 nitrogen and oxygen atoms in total. The van der Waals surface area contributed by atoms with Crippen molar-refractivity contribution in [3.8, 4) is 23.3 Å². The van der Waals surface area contributed by atoms with Gasteiger partial charge < -0.3 is 20.5 Å². The zero-order chi connectivity index (χ0) is 32.4. The summed E-state index contributed by atoms with van der Waals surface area (Å²) in [7, 11) is 0. The second-order valence-corrected chi connectivity index (χ2v) is 12.4. The first kappa shape index (κ1) is 31.0. The number of benzene rings is 2. The van der Waals surface area contributed by atoms with Gasteiger partial charge in [0.15, 0.2) is 11.5 Å². The molecule has 2 aliphatic heterocycles. The Kier molecular flexibility index (Phi) is 8.62. The molecule has 2 fully saturated rings. The summed E-state index contributed by atoms with van der Waals surface area (Å²) in [5.74, 6) is 1.11. The fourth-order valence-corrected chi connectivity index (χ4v) is 6.48. The van der Waals surface area contributed by atoms with Crippen molar-refractivity contribution in [2.75, 3.05) is 25.4 Å². The molecule has 46 heavy (non-hydrogen) atoms. The predicted octanol–water partition coefficient (Wildman–Crippen LogP) is 3.63. The largest absolute Gasteiger partial charge is 0.457 e. The summed E-state index contributed by atoms with van der Waals surface area (Å²) in [6.45, 7) is 6.00. The average molecular weight is 623 g/mol. The zero-order valence-corrected chi connectivity index (χ0v) is 26.0. The summed E-state index contributed by atoms with van der Waals surface area (Å²) in [6.07, 6.45) is 5.47. The van der Waals surface area contributed by atoms with Gasteiger partial charge in [-0.15, -0.1) is 0 Å². The summed E-state index contributed by atoms with van der Waals surface area (Å²) in [5.41, 5.74) is 6.78. The number of aromatic nitrogens is 4. The standard InChI is InChI=1S/C34H38N8O4/c1-34(2,39-17-14-26(43)15-18-39)19-23(20-35)32(44)40-16-6-7-25(40)21-41-31-29(30(36)37-22-38-31)42(33(41)45)24-10-12-28(13-11-24)46-27-8-4-3-5-9-27/h3-5,8-13,19,22,25-26,43H,6-7,14-18,21H2,1-2H3,(H2,36,37,38)/b23-19-/t25-/m0/s1. The minimum atomic E-state index is -0.545. The normalized spacial score (nSPS) is 18.2. The van der Waals surface area contributed by atoms with Crippen LogP contribution in [0.3, 0.4) is 0 Å². The number of carbonyl (C=O) groups excluding carboxylic acids is 1. The van der Waals surface area contributed by atoms with Crippen LogP contribution in [0.1, 0.15) is 39.5 Å². The number of carbonyl (C=O) groups is 1. The van der Waals surface area contributed by atoms with Gasteiger partial charge in [-0.05, 0) is 82.0 Å². The number of nitriles is 1. The molecule has 0 spiro atoms. The second kappa shape index (κ2) is 12.8. The number of nitrogens with zero attached hydrogens (tertiary/aromatic N) is 7. The molecule has 1 amide bonds. The molecule has 12 heteroatoms. The van der Waals surface area contributed by atoms with Gasteiger partial charge in [0.2, 0.25) is 0 Å². The van der Waals surface area contributed by atoms with E-state index in [1.54, 1.807) is 35.2 Å². The van der Waals surface area contributed by atoms with E-state index >= 15 is 0 Å². The third-order valence-electron chi connectivity index (χ3n) is 8.97. The number of hydrogen-bond donors (Lipinski definition) is 2. The highest BCUT2D eigenvalue weighted by Crippen LogP contribution is 2.28. The smallest absolute Gasteiger partial charge is 0.335 e. The Balaban J connectivity index is 1.28. The predicted molar refractivity (Wildman–Crippen MR) is 173 cm³/mol. The van der Waals surface area contributed by atoms with Crippen LogP contribution >= 0.6 is 0 Å². The second-order valence-electron chi connectivity index (χ2n) is 12.4. The van der Waals surface area contributed by atoms with Crippen molar-refractivity contribution >= 4 is 22.9 Å². The molecule has 0 saturated carbocycles. The highest BCUT2D eigenvalue weighted by Gasteiger charge is 2.35. The zero-order valence-electron chi connectivity index (χ0n) is 26.0. The average Bonchev–Trinajstić information content (AvgIpc) is 3.63. The van der Waals surface area contributed by atoms with Gasteiger partial charge in [0.25, 0.3) is 5.91 Å². The molecule has 6 rings (SSSR count). The molecule has 4 aromatic rings. The van der Waals surface area contributed by atoms with Crippen LogP contribution in [0.2, 0.25) is 0 Å². The molecule has 0 unspecified atom stereocenters. The molecule has 2 aromatic carbocycles. The van der Waals surface area contributed by atoms with E-state index in [0.29, 0.717) is 67.2 Å². The third kappa shape index (κ3) is 6.11. The van der Waals surface area contributed by atoms with E-state index in [9.17, 15) is 20.0 Å². The van der Waals surface area contributed by atoms with Gasteiger partial charge in [-0.1, -0.05) is 18.2 Å². The number of imidazole rings is 1. The topological polar surface area (TPSA) is 156 Å². The Hall–Kier alpha value is -4.99. The first-order valence-electron chi connectivity index (χ1n) is 15.6. The molecule has 2 aliphatic rings. The summed E-state index contributed by atoms with van der Waals surface area (Å²) >= 11 is 0. The highest BCUT2D eigenvalue weighted by atomic mass is 16.5. The molecule has 0 radical (unpaired) electrons.